The van der Waals surface area contributed by atoms with Gasteiger partial charge in [-0.05, 0) is 24.1 Å². The summed E-state index contributed by atoms with van der Waals surface area (Å²) in [7, 11) is 0. The summed E-state index contributed by atoms with van der Waals surface area (Å²) in [5, 5.41) is 8.29. The van der Waals surface area contributed by atoms with Crippen LogP contribution in [0, 0.1) is 0 Å². The maximum absolute atomic E-state index is 13.3. The fourth-order valence-corrected chi connectivity index (χ4v) is 4.47. The molecule has 0 aliphatic rings. The molecule has 0 saturated carbocycles. The van der Waals surface area contributed by atoms with Crippen LogP contribution in [0.25, 0.3) is 5.69 Å². The van der Waals surface area contributed by atoms with Crippen molar-refractivity contribution in [1.82, 2.24) is 14.7 Å². The van der Waals surface area contributed by atoms with Gasteiger partial charge in [0, 0.05) is 24.4 Å². The Hall–Kier alpha value is -3.12. The van der Waals surface area contributed by atoms with E-state index >= 15 is 0 Å². The summed E-state index contributed by atoms with van der Waals surface area (Å²) in [5.74, 6) is 0.247. The number of nitrogens with one attached hydrogen (secondary N) is 1. The highest BCUT2D eigenvalue weighted by Crippen LogP contribution is 2.29. The van der Waals surface area contributed by atoms with E-state index < -0.39 is 0 Å². The minimum atomic E-state index is -0.272. The molecule has 3 rings (SSSR count). The van der Waals surface area contributed by atoms with Gasteiger partial charge in [-0.15, -0.1) is 0 Å². The van der Waals surface area contributed by atoms with Crippen molar-refractivity contribution in [2.45, 2.75) is 84.6 Å². The van der Waals surface area contributed by atoms with Gasteiger partial charge in [0.15, 0.2) is 0 Å². The molecule has 0 spiro atoms. The Labute approximate surface area is 232 Å². The number of aromatic nitrogens is 2. The van der Waals surface area contributed by atoms with Crippen LogP contribution >= 0.6 is 11.6 Å². The molecule has 2 aromatic carbocycles. The van der Waals surface area contributed by atoms with E-state index in [2.05, 4.69) is 33.0 Å². The van der Waals surface area contributed by atoms with E-state index in [9.17, 15) is 9.59 Å². The topological polar surface area (TPSA) is 67.2 Å². The highest BCUT2D eigenvalue weighted by molar-refractivity contribution is 6.32. The molecule has 0 aliphatic heterocycles. The standard InChI is InChI=1S/C31H41ClN4O2/c1-5-6-7-8-9-13-20-30(38)35(22-24-16-11-10-12-17-24)23-29(37)33-28-21-27(31(2,3)4)34-36(28)26-19-15-14-18-25(26)32/h10-12,14-19,21H,5-9,13,20,22-23H2,1-4H3,(H,33,37). The average molecular weight is 537 g/mol. The van der Waals surface area contributed by atoms with Gasteiger partial charge >= 0.3 is 0 Å². The van der Waals surface area contributed by atoms with E-state index in [-0.39, 0.29) is 23.8 Å². The zero-order valence-electron chi connectivity index (χ0n) is 23.2. The normalized spacial score (nSPS) is 11.4. The van der Waals surface area contributed by atoms with E-state index in [1.165, 1.54) is 19.3 Å². The molecule has 0 aliphatic carbocycles. The first kappa shape index (κ1) is 29.4. The predicted octanol–water partition coefficient (Wildman–Crippen LogP) is 7.54. The number of halogens is 1. The number of hydrogen-bond donors (Lipinski definition) is 1. The van der Waals surface area contributed by atoms with E-state index in [0.29, 0.717) is 29.5 Å². The second-order valence-electron chi connectivity index (χ2n) is 10.8. The molecule has 7 heteroatoms. The van der Waals surface area contributed by atoms with Crippen molar-refractivity contribution in [3.05, 3.63) is 76.9 Å². The molecular formula is C31H41ClN4O2. The molecule has 1 aromatic heterocycles. The third-order valence-electron chi connectivity index (χ3n) is 6.47. The van der Waals surface area contributed by atoms with Crippen LogP contribution in [0.1, 0.15) is 83.9 Å². The summed E-state index contributed by atoms with van der Waals surface area (Å²) in [6.45, 7) is 8.75. The van der Waals surface area contributed by atoms with Gasteiger partial charge < -0.3 is 10.2 Å². The van der Waals surface area contributed by atoms with Crippen molar-refractivity contribution in [3.63, 3.8) is 0 Å². The number of amides is 2. The average Bonchev–Trinajstić information content (AvgIpc) is 3.30. The molecule has 0 atom stereocenters. The first-order valence-corrected chi connectivity index (χ1v) is 14.0. The van der Waals surface area contributed by atoms with Crippen molar-refractivity contribution >= 4 is 29.2 Å². The van der Waals surface area contributed by atoms with Gasteiger partial charge in [-0.2, -0.15) is 5.10 Å². The first-order chi connectivity index (χ1) is 18.2. The maximum Gasteiger partial charge on any atom is 0.245 e. The fraction of sp³-hybridized carbons (Fsp3) is 0.452. The number of carbonyl (C=O) groups excluding carboxylic acids is 2. The van der Waals surface area contributed by atoms with Crippen molar-refractivity contribution in [3.8, 4) is 5.69 Å². The van der Waals surface area contributed by atoms with E-state index in [1.807, 2.05) is 54.6 Å². The van der Waals surface area contributed by atoms with Gasteiger partial charge in [-0.3, -0.25) is 9.59 Å². The third kappa shape index (κ3) is 8.73. The number of para-hydroxylation sites is 1. The summed E-state index contributed by atoms with van der Waals surface area (Å²) in [6.07, 6.45) is 7.09. The van der Waals surface area contributed by atoms with Crippen LogP contribution < -0.4 is 5.32 Å². The fourth-order valence-electron chi connectivity index (χ4n) is 4.25. The van der Waals surface area contributed by atoms with Crippen LogP contribution in [-0.2, 0) is 21.5 Å². The lowest BCUT2D eigenvalue weighted by Crippen LogP contribution is -2.37. The number of anilines is 1. The number of benzene rings is 2. The SMILES string of the molecule is CCCCCCCCC(=O)N(CC(=O)Nc1cc(C(C)(C)C)nn1-c1ccccc1Cl)Cc1ccccc1. The van der Waals surface area contributed by atoms with E-state index in [1.54, 1.807) is 15.6 Å². The molecule has 0 saturated heterocycles. The molecule has 0 bridgehead atoms. The smallest absolute Gasteiger partial charge is 0.245 e. The zero-order chi connectivity index (χ0) is 27.5. The molecule has 0 fully saturated rings. The molecule has 1 heterocycles. The Morgan fingerprint density at radius 1 is 0.947 bits per heavy atom. The summed E-state index contributed by atoms with van der Waals surface area (Å²) in [4.78, 5) is 28.2. The molecule has 0 radical (unpaired) electrons. The summed E-state index contributed by atoms with van der Waals surface area (Å²) in [5.41, 5.74) is 2.28. The molecule has 38 heavy (non-hydrogen) atoms. The molecule has 204 valence electrons. The van der Waals surface area contributed by atoms with Gasteiger partial charge in [0.1, 0.15) is 12.4 Å². The van der Waals surface area contributed by atoms with Crippen LogP contribution in [0.15, 0.2) is 60.7 Å². The lowest BCUT2D eigenvalue weighted by Gasteiger charge is -2.23. The second-order valence-corrected chi connectivity index (χ2v) is 11.2. The van der Waals surface area contributed by atoms with Crippen LogP contribution in [0.5, 0.6) is 0 Å². The summed E-state index contributed by atoms with van der Waals surface area (Å²) in [6, 6.07) is 19.1. The van der Waals surface area contributed by atoms with E-state index in [0.717, 1.165) is 30.5 Å². The van der Waals surface area contributed by atoms with Crippen molar-refractivity contribution < 1.29 is 9.59 Å². The van der Waals surface area contributed by atoms with Crippen LogP contribution in [0.2, 0.25) is 5.02 Å². The first-order valence-electron chi connectivity index (χ1n) is 13.7. The Bertz CT molecular complexity index is 1180. The summed E-state index contributed by atoms with van der Waals surface area (Å²) < 4.78 is 1.67. The lowest BCUT2D eigenvalue weighted by atomic mass is 9.92. The van der Waals surface area contributed by atoms with Crippen molar-refractivity contribution in [2.24, 2.45) is 0 Å². The van der Waals surface area contributed by atoms with Gasteiger partial charge in [-0.1, -0.05) is 114 Å². The number of unbranched alkanes of at least 4 members (excludes halogenated alkanes) is 5. The Balaban J connectivity index is 1.76. The van der Waals surface area contributed by atoms with E-state index in [4.69, 9.17) is 16.7 Å². The van der Waals surface area contributed by atoms with Gasteiger partial charge in [0.05, 0.1) is 16.4 Å². The third-order valence-corrected chi connectivity index (χ3v) is 6.79. The molecule has 1 N–H and O–H groups in total. The quantitative estimate of drug-likeness (QED) is 0.229. The molecule has 6 nitrogen and oxygen atoms in total. The van der Waals surface area contributed by atoms with Gasteiger partial charge in [0.2, 0.25) is 11.8 Å². The van der Waals surface area contributed by atoms with Crippen LogP contribution in [-0.4, -0.2) is 33.0 Å². The number of carbonyl (C=O) groups is 2. The zero-order valence-corrected chi connectivity index (χ0v) is 23.9. The minimum Gasteiger partial charge on any atom is -0.329 e. The van der Waals surface area contributed by atoms with Gasteiger partial charge in [0.25, 0.3) is 0 Å². The van der Waals surface area contributed by atoms with Gasteiger partial charge in [-0.25, -0.2) is 4.68 Å². The van der Waals surface area contributed by atoms with Crippen molar-refractivity contribution in [1.29, 1.82) is 0 Å². The largest absolute Gasteiger partial charge is 0.329 e. The Morgan fingerprint density at radius 2 is 1.61 bits per heavy atom. The monoisotopic (exact) mass is 536 g/mol. The lowest BCUT2D eigenvalue weighted by molar-refractivity contribution is -0.135. The minimum absolute atomic E-state index is 0.00510. The Kier molecular flexibility index (Phi) is 11.0. The molecular weight excluding hydrogens is 496 g/mol. The second kappa shape index (κ2) is 14.1. The van der Waals surface area contributed by atoms with Crippen LogP contribution in [0.4, 0.5) is 5.82 Å². The Morgan fingerprint density at radius 3 is 2.29 bits per heavy atom. The molecule has 3 aromatic rings. The highest BCUT2D eigenvalue weighted by Gasteiger charge is 2.24. The maximum atomic E-state index is 13.3. The number of hydrogen-bond acceptors (Lipinski definition) is 3. The predicted molar refractivity (Wildman–Crippen MR) is 156 cm³/mol. The van der Waals surface area contributed by atoms with Crippen LogP contribution in [0.3, 0.4) is 0 Å². The highest BCUT2D eigenvalue weighted by atomic mass is 35.5. The number of nitrogens with zero attached hydrogens (tertiary/aromatic N) is 3. The number of rotatable bonds is 13. The summed E-state index contributed by atoms with van der Waals surface area (Å²) >= 11 is 6.47. The van der Waals surface area contributed by atoms with Crippen molar-refractivity contribution in [2.75, 3.05) is 11.9 Å². The molecule has 2 amide bonds. The molecule has 0 unspecified atom stereocenters.